The van der Waals surface area contributed by atoms with Gasteiger partial charge in [0.05, 0.1) is 0 Å². The van der Waals surface area contributed by atoms with E-state index in [0.717, 1.165) is 44.7 Å². The first-order chi connectivity index (χ1) is 8.65. The Morgan fingerprint density at radius 2 is 2.06 bits per heavy atom. The summed E-state index contributed by atoms with van der Waals surface area (Å²) in [6, 6.07) is 0. The van der Waals surface area contributed by atoms with Gasteiger partial charge in [-0.3, -0.25) is 4.68 Å². The van der Waals surface area contributed by atoms with Crippen LogP contribution in [0, 0.1) is 5.41 Å². The summed E-state index contributed by atoms with van der Waals surface area (Å²) in [5.41, 5.74) is 0.272. The highest BCUT2D eigenvalue weighted by Gasteiger charge is 2.24. The van der Waals surface area contributed by atoms with E-state index in [1.165, 1.54) is 6.42 Å². The van der Waals surface area contributed by atoms with Gasteiger partial charge < -0.3 is 5.32 Å². The van der Waals surface area contributed by atoms with Gasteiger partial charge in [0.25, 0.3) is 0 Å². The second-order valence-electron chi connectivity index (χ2n) is 5.42. The summed E-state index contributed by atoms with van der Waals surface area (Å²) in [5, 5.41) is 7.84. The first-order valence-electron chi connectivity index (χ1n) is 7.22. The minimum atomic E-state index is 0.272. The van der Waals surface area contributed by atoms with E-state index in [1.807, 2.05) is 4.68 Å². The van der Waals surface area contributed by atoms with E-state index in [-0.39, 0.29) is 5.41 Å². The van der Waals surface area contributed by atoms with E-state index in [2.05, 4.69) is 43.1 Å². The Morgan fingerprint density at radius 1 is 1.28 bits per heavy atom. The highest BCUT2D eigenvalue weighted by molar-refractivity contribution is 4.93. The van der Waals surface area contributed by atoms with Gasteiger partial charge in [-0.1, -0.05) is 27.7 Å². The third kappa shape index (κ3) is 4.41. The smallest absolute Gasteiger partial charge is 0.138 e. The van der Waals surface area contributed by atoms with Crippen LogP contribution in [-0.4, -0.2) is 27.9 Å². The van der Waals surface area contributed by atoms with Gasteiger partial charge in [-0.2, -0.15) is 5.10 Å². The molecule has 0 aliphatic heterocycles. The maximum atomic E-state index is 4.42. The molecule has 104 valence electrons. The number of hydrogen-bond donors (Lipinski definition) is 1. The van der Waals surface area contributed by atoms with E-state index >= 15 is 0 Å². The third-order valence-electron chi connectivity index (χ3n) is 3.55. The SMILES string of the molecule is CCCNCC(C)(CC)Cc1ncnn1CCC. The zero-order valence-electron chi connectivity index (χ0n) is 12.4. The highest BCUT2D eigenvalue weighted by atomic mass is 15.3. The lowest BCUT2D eigenvalue weighted by molar-refractivity contribution is 0.279. The molecule has 0 saturated carbocycles. The quantitative estimate of drug-likeness (QED) is 0.687. The van der Waals surface area contributed by atoms with Crippen LogP contribution in [0.1, 0.15) is 52.8 Å². The van der Waals surface area contributed by atoms with Crippen LogP contribution in [0.3, 0.4) is 0 Å². The number of aromatic nitrogens is 3. The van der Waals surface area contributed by atoms with Gasteiger partial charge in [0.1, 0.15) is 12.2 Å². The fourth-order valence-electron chi connectivity index (χ4n) is 2.08. The molecule has 0 spiro atoms. The predicted molar refractivity (Wildman–Crippen MR) is 75.6 cm³/mol. The molecule has 1 heterocycles. The summed E-state index contributed by atoms with van der Waals surface area (Å²) in [4.78, 5) is 4.42. The number of nitrogens with one attached hydrogen (secondary N) is 1. The zero-order chi connectivity index (χ0) is 13.4. The monoisotopic (exact) mass is 252 g/mol. The Morgan fingerprint density at radius 3 is 2.67 bits per heavy atom. The molecule has 1 unspecified atom stereocenters. The average molecular weight is 252 g/mol. The molecule has 0 aliphatic rings. The summed E-state index contributed by atoms with van der Waals surface area (Å²) in [6.45, 7) is 12.1. The molecule has 0 aliphatic carbocycles. The third-order valence-corrected chi connectivity index (χ3v) is 3.55. The Bertz CT molecular complexity index is 334. The molecule has 1 rings (SSSR count). The number of nitrogens with zero attached hydrogens (tertiary/aromatic N) is 3. The Hall–Kier alpha value is -0.900. The Labute approximate surface area is 111 Å². The van der Waals surface area contributed by atoms with Crippen molar-refractivity contribution in [3.8, 4) is 0 Å². The van der Waals surface area contributed by atoms with Crippen molar-refractivity contribution in [2.75, 3.05) is 13.1 Å². The summed E-state index contributed by atoms with van der Waals surface area (Å²) in [7, 11) is 0. The summed E-state index contributed by atoms with van der Waals surface area (Å²) in [6.07, 6.45) is 6.13. The molecule has 1 aromatic heterocycles. The Kier molecular flexibility index (Phi) is 6.33. The molecule has 4 heteroatoms. The topological polar surface area (TPSA) is 42.7 Å². The summed E-state index contributed by atoms with van der Waals surface area (Å²) >= 11 is 0. The van der Waals surface area contributed by atoms with Crippen molar-refractivity contribution in [2.45, 2.75) is 59.9 Å². The van der Waals surface area contributed by atoms with Gasteiger partial charge in [-0.25, -0.2) is 4.98 Å². The minimum Gasteiger partial charge on any atom is -0.316 e. The molecule has 1 atom stereocenters. The van der Waals surface area contributed by atoms with Crippen molar-refractivity contribution >= 4 is 0 Å². The lowest BCUT2D eigenvalue weighted by Crippen LogP contribution is -2.34. The normalized spacial score (nSPS) is 14.7. The molecule has 18 heavy (non-hydrogen) atoms. The maximum Gasteiger partial charge on any atom is 0.138 e. The minimum absolute atomic E-state index is 0.272. The molecule has 0 bridgehead atoms. The van der Waals surface area contributed by atoms with E-state index in [4.69, 9.17) is 0 Å². The molecule has 0 saturated heterocycles. The molecule has 0 fully saturated rings. The second kappa shape index (κ2) is 7.52. The average Bonchev–Trinajstić information content (AvgIpc) is 2.77. The molecular weight excluding hydrogens is 224 g/mol. The second-order valence-corrected chi connectivity index (χ2v) is 5.42. The first-order valence-corrected chi connectivity index (χ1v) is 7.22. The van der Waals surface area contributed by atoms with E-state index in [0.29, 0.717) is 0 Å². The molecule has 0 aromatic carbocycles. The van der Waals surface area contributed by atoms with Crippen molar-refractivity contribution in [3.05, 3.63) is 12.2 Å². The standard InChI is InChI=1S/C14H28N4/c1-5-8-15-11-14(4,7-3)10-13-16-12-17-18(13)9-6-2/h12,15H,5-11H2,1-4H3. The van der Waals surface area contributed by atoms with Crippen molar-refractivity contribution in [3.63, 3.8) is 0 Å². The van der Waals surface area contributed by atoms with Crippen molar-refractivity contribution in [1.29, 1.82) is 0 Å². The van der Waals surface area contributed by atoms with Gasteiger partial charge in [0.15, 0.2) is 0 Å². The van der Waals surface area contributed by atoms with E-state index in [9.17, 15) is 0 Å². The fraction of sp³-hybridized carbons (Fsp3) is 0.857. The fourth-order valence-corrected chi connectivity index (χ4v) is 2.08. The van der Waals surface area contributed by atoms with Crippen LogP contribution in [0.4, 0.5) is 0 Å². The van der Waals surface area contributed by atoms with Crippen LogP contribution in [0.5, 0.6) is 0 Å². The largest absolute Gasteiger partial charge is 0.316 e. The van der Waals surface area contributed by atoms with Gasteiger partial charge in [0.2, 0.25) is 0 Å². The van der Waals surface area contributed by atoms with E-state index in [1.54, 1.807) is 6.33 Å². The lowest BCUT2D eigenvalue weighted by atomic mass is 9.83. The summed E-state index contributed by atoms with van der Waals surface area (Å²) in [5.74, 6) is 1.12. The molecule has 1 N–H and O–H groups in total. The van der Waals surface area contributed by atoms with Gasteiger partial charge >= 0.3 is 0 Å². The van der Waals surface area contributed by atoms with Crippen LogP contribution >= 0.6 is 0 Å². The maximum absolute atomic E-state index is 4.42. The van der Waals surface area contributed by atoms with Crippen LogP contribution in [-0.2, 0) is 13.0 Å². The molecule has 0 amide bonds. The summed E-state index contributed by atoms with van der Waals surface area (Å²) < 4.78 is 2.05. The number of rotatable bonds is 9. The van der Waals surface area contributed by atoms with Crippen LogP contribution in [0.15, 0.2) is 6.33 Å². The number of aryl methyl sites for hydroxylation is 1. The molecule has 1 aromatic rings. The van der Waals surface area contributed by atoms with Gasteiger partial charge in [0, 0.05) is 19.5 Å². The number of hydrogen-bond acceptors (Lipinski definition) is 3. The highest BCUT2D eigenvalue weighted by Crippen LogP contribution is 2.24. The zero-order valence-corrected chi connectivity index (χ0v) is 12.4. The van der Waals surface area contributed by atoms with Crippen LogP contribution in [0.2, 0.25) is 0 Å². The van der Waals surface area contributed by atoms with Gasteiger partial charge in [-0.05, 0) is 31.2 Å². The molecule has 0 radical (unpaired) electrons. The van der Waals surface area contributed by atoms with Crippen molar-refractivity contribution in [1.82, 2.24) is 20.1 Å². The lowest BCUT2D eigenvalue weighted by Gasteiger charge is -2.28. The first kappa shape index (κ1) is 15.2. The Balaban J connectivity index is 2.62. The van der Waals surface area contributed by atoms with Crippen molar-refractivity contribution < 1.29 is 0 Å². The molecular formula is C14H28N4. The van der Waals surface area contributed by atoms with Crippen LogP contribution in [0.25, 0.3) is 0 Å². The predicted octanol–water partition coefficient (Wildman–Crippen LogP) is 2.65. The molecule has 4 nitrogen and oxygen atoms in total. The van der Waals surface area contributed by atoms with Crippen LogP contribution < -0.4 is 5.32 Å². The van der Waals surface area contributed by atoms with E-state index < -0.39 is 0 Å². The van der Waals surface area contributed by atoms with Gasteiger partial charge in [-0.15, -0.1) is 0 Å². The van der Waals surface area contributed by atoms with Crippen molar-refractivity contribution in [2.24, 2.45) is 5.41 Å².